The van der Waals surface area contributed by atoms with Crippen molar-refractivity contribution < 1.29 is 9.50 Å². The van der Waals surface area contributed by atoms with Crippen molar-refractivity contribution in [2.75, 3.05) is 0 Å². The van der Waals surface area contributed by atoms with Gasteiger partial charge in [-0.05, 0) is 25.5 Å². The third-order valence-corrected chi connectivity index (χ3v) is 3.26. The van der Waals surface area contributed by atoms with Crippen LogP contribution in [0.15, 0.2) is 48.5 Å². The minimum atomic E-state index is -0.426. The Morgan fingerprint density at radius 3 is 2.32 bits per heavy atom. The fourth-order valence-corrected chi connectivity index (χ4v) is 2.19. The second-order valence-electron chi connectivity index (χ2n) is 4.72. The largest absolute Gasteiger partial charge is 0.508 e. The molecule has 0 aliphatic heterocycles. The van der Waals surface area contributed by atoms with E-state index < -0.39 is 5.82 Å². The van der Waals surface area contributed by atoms with Gasteiger partial charge in [0.2, 0.25) is 0 Å². The molecule has 2 atom stereocenters. The molecule has 0 aliphatic carbocycles. The molecule has 2 nitrogen and oxygen atoms in total. The summed E-state index contributed by atoms with van der Waals surface area (Å²) in [5, 5.41) is 13.2. The van der Waals surface area contributed by atoms with Crippen LogP contribution in [0.5, 0.6) is 5.75 Å². The van der Waals surface area contributed by atoms with Gasteiger partial charge < -0.3 is 10.4 Å². The lowest BCUT2D eigenvalue weighted by atomic mass is 10.0. The molecule has 1 unspecified atom stereocenters. The maximum atomic E-state index is 13.0. The van der Waals surface area contributed by atoms with Gasteiger partial charge in [-0.1, -0.05) is 36.4 Å². The molecule has 19 heavy (non-hydrogen) atoms. The van der Waals surface area contributed by atoms with E-state index in [9.17, 15) is 9.50 Å². The lowest BCUT2D eigenvalue weighted by Crippen LogP contribution is -2.22. The van der Waals surface area contributed by atoms with Crippen LogP contribution in [0.25, 0.3) is 0 Å². The number of phenolic OH excluding ortho intramolecular Hbond substituents is 1. The number of hydrogen-bond donors (Lipinski definition) is 2. The fourth-order valence-electron chi connectivity index (χ4n) is 2.19. The molecule has 0 saturated carbocycles. The number of aromatic hydroxyl groups is 1. The summed E-state index contributed by atoms with van der Waals surface area (Å²) in [5.74, 6) is -0.440. The Bertz CT molecular complexity index is 542. The van der Waals surface area contributed by atoms with Gasteiger partial charge in [0.15, 0.2) is 0 Å². The Balaban J connectivity index is 2.10. The maximum absolute atomic E-state index is 13.0. The van der Waals surface area contributed by atoms with Gasteiger partial charge in [-0.2, -0.15) is 0 Å². The summed E-state index contributed by atoms with van der Waals surface area (Å²) in [4.78, 5) is 0. The molecule has 0 fully saturated rings. The van der Waals surface area contributed by atoms with Crippen molar-refractivity contribution in [3.8, 4) is 5.75 Å². The van der Waals surface area contributed by atoms with Crippen molar-refractivity contribution in [2.24, 2.45) is 0 Å². The monoisotopic (exact) mass is 259 g/mol. The molecule has 0 heterocycles. The molecule has 0 aromatic heterocycles. The van der Waals surface area contributed by atoms with Crippen LogP contribution in [0.2, 0.25) is 0 Å². The number of hydrogen-bond acceptors (Lipinski definition) is 2. The molecule has 3 heteroatoms. The Hall–Kier alpha value is -1.87. The third-order valence-electron chi connectivity index (χ3n) is 3.26. The van der Waals surface area contributed by atoms with Crippen LogP contribution in [0.1, 0.15) is 37.1 Å². The molecule has 2 rings (SSSR count). The summed E-state index contributed by atoms with van der Waals surface area (Å²) in [6, 6.07) is 14.3. The molecule has 0 spiro atoms. The maximum Gasteiger partial charge on any atom is 0.126 e. The fraction of sp³-hybridized carbons (Fsp3) is 0.250. The van der Waals surface area contributed by atoms with Crippen LogP contribution in [0.4, 0.5) is 4.39 Å². The molecule has 0 bridgehead atoms. The average molecular weight is 259 g/mol. The molecule has 0 saturated heterocycles. The number of rotatable bonds is 4. The van der Waals surface area contributed by atoms with Gasteiger partial charge in [-0.15, -0.1) is 0 Å². The molecule has 0 radical (unpaired) electrons. The van der Waals surface area contributed by atoms with E-state index in [1.807, 2.05) is 25.1 Å². The van der Waals surface area contributed by atoms with Gasteiger partial charge in [0.1, 0.15) is 11.6 Å². The molecular formula is C16H18FNO. The molecule has 0 amide bonds. The van der Waals surface area contributed by atoms with Crippen molar-refractivity contribution >= 4 is 0 Å². The van der Waals surface area contributed by atoms with Gasteiger partial charge in [-0.3, -0.25) is 0 Å². The van der Waals surface area contributed by atoms with Crippen LogP contribution >= 0.6 is 0 Å². The van der Waals surface area contributed by atoms with Crippen molar-refractivity contribution in [3.05, 3.63) is 65.5 Å². The first-order valence-corrected chi connectivity index (χ1v) is 6.37. The first kappa shape index (κ1) is 13.6. The first-order chi connectivity index (χ1) is 9.08. The average Bonchev–Trinajstić information content (AvgIpc) is 2.39. The van der Waals surface area contributed by atoms with E-state index >= 15 is 0 Å². The van der Waals surface area contributed by atoms with Crippen molar-refractivity contribution in [1.82, 2.24) is 5.32 Å². The van der Waals surface area contributed by atoms with E-state index in [0.717, 1.165) is 6.07 Å². The highest BCUT2D eigenvalue weighted by Crippen LogP contribution is 2.26. The topological polar surface area (TPSA) is 32.3 Å². The smallest absolute Gasteiger partial charge is 0.126 e. The summed E-state index contributed by atoms with van der Waals surface area (Å²) >= 11 is 0. The predicted octanol–water partition coefficient (Wildman–Crippen LogP) is 3.94. The van der Waals surface area contributed by atoms with Gasteiger partial charge in [0.25, 0.3) is 0 Å². The van der Waals surface area contributed by atoms with E-state index in [4.69, 9.17) is 0 Å². The van der Waals surface area contributed by atoms with E-state index in [-0.39, 0.29) is 17.8 Å². The SMILES string of the molecule is CC(N[C@@H](C)c1ccccc1)c1ccc(F)cc1O. The number of phenols is 1. The minimum Gasteiger partial charge on any atom is -0.508 e. The van der Waals surface area contributed by atoms with Crippen LogP contribution < -0.4 is 5.32 Å². The molecule has 2 N–H and O–H groups in total. The Morgan fingerprint density at radius 2 is 1.68 bits per heavy atom. The Kier molecular flexibility index (Phi) is 4.17. The predicted molar refractivity (Wildman–Crippen MR) is 74.5 cm³/mol. The highest BCUT2D eigenvalue weighted by Gasteiger charge is 2.14. The van der Waals surface area contributed by atoms with E-state index in [1.54, 1.807) is 6.07 Å². The van der Waals surface area contributed by atoms with Crippen molar-refractivity contribution in [2.45, 2.75) is 25.9 Å². The van der Waals surface area contributed by atoms with Gasteiger partial charge in [0.05, 0.1) is 0 Å². The van der Waals surface area contributed by atoms with Crippen molar-refractivity contribution in [1.29, 1.82) is 0 Å². The second-order valence-corrected chi connectivity index (χ2v) is 4.72. The Labute approximate surface area is 112 Å². The summed E-state index contributed by atoms with van der Waals surface area (Å²) in [6.07, 6.45) is 0. The minimum absolute atomic E-state index is 0.0136. The highest BCUT2D eigenvalue weighted by molar-refractivity contribution is 5.35. The zero-order valence-corrected chi connectivity index (χ0v) is 11.1. The molecular weight excluding hydrogens is 241 g/mol. The zero-order valence-electron chi connectivity index (χ0n) is 11.1. The van der Waals surface area contributed by atoms with E-state index in [2.05, 4.69) is 24.4 Å². The third kappa shape index (κ3) is 3.32. The van der Waals surface area contributed by atoms with Crippen LogP contribution in [-0.4, -0.2) is 5.11 Å². The van der Waals surface area contributed by atoms with Crippen LogP contribution in [-0.2, 0) is 0 Å². The van der Waals surface area contributed by atoms with E-state index in [0.29, 0.717) is 5.56 Å². The van der Waals surface area contributed by atoms with Gasteiger partial charge >= 0.3 is 0 Å². The summed E-state index contributed by atoms with van der Waals surface area (Å²) in [5.41, 5.74) is 1.88. The number of benzene rings is 2. The molecule has 0 aliphatic rings. The normalized spacial score (nSPS) is 14.1. The molecule has 2 aromatic rings. The van der Waals surface area contributed by atoms with E-state index in [1.165, 1.54) is 11.6 Å². The summed E-state index contributed by atoms with van der Waals surface area (Å²) in [6.45, 7) is 4.01. The molecule has 2 aromatic carbocycles. The van der Waals surface area contributed by atoms with Crippen LogP contribution in [0.3, 0.4) is 0 Å². The van der Waals surface area contributed by atoms with Gasteiger partial charge in [-0.25, -0.2) is 4.39 Å². The number of halogens is 1. The van der Waals surface area contributed by atoms with Gasteiger partial charge in [0, 0.05) is 23.7 Å². The lowest BCUT2D eigenvalue weighted by molar-refractivity contribution is 0.434. The first-order valence-electron chi connectivity index (χ1n) is 6.37. The second kappa shape index (κ2) is 5.85. The van der Waals surface area contributed by atoms with Crippen LogP contribution in [0, 0.1) is 5.82 Å². The van der Waals surface area contributed by atoms with Crippen molar-refractivity contribution in [3.63, 3.8) is 0 Å². The lowest BCUT2D eigenvalue weighted by Gasteiger charge is -2.21. The standard InChI is InChI=1S/C16H18FNO/c1-11(13-6-4-3-5-7-13)18-12(2)15-9-8-14(17)10-16(15)19/h3-12,18-19H,1-2H3/t11-,12?/m0/s1. The highest BCUT2D eigenvalue weighted by atomic mass is 19.1. The molecule has 100 valence electrons. The Morgan fingerprint density at radius 1 is 1.00 bits per heavy atom. The number of nitrogens with one attached hydrogen (secondary N) is 1. The summed E-state index contributed by atoms with van der Waals surface area (Å²) < 4.78 is 13.0. The quantitative estimate of drug-likeness (QED) is 0.871. The summed E-state index contributed by atoms with van der Waals surface area (Å²) in [7, 11) is 0. The zero-order chi connectivity index (χ0) is 13.8.